The lowest BCUT2D eigenvalue weighted by Gasteiger charge is -1.82. The van der Waals surface area contributed by atoms with Gasteiger partial charge in [-0.05, 0) is 25.6 Å². The molecule has 0 aromatic carbocycles. The third-order valence-corrected chi connectivity index (χ3v) is 0.997. The first kappa shape index (κ1) is 8.04. The molecule has 0 amide bonds. The minimum Gasteiger partial charge on any atom is -0.385 e. The van der Waals surface area contributed by atoms with E-state index in [9.17, 15) is 0 Å². The molecule has 0 radical (unpaired) electrons. The number of anilines is 1. The fourth-order valence-corrected chi connectivity index (χ4v) is 0.460. The minimum atomic E-state index is 0.764. The number of aryl methyl sites for hydroxylation is 1. The lowest BCUT2D eigenvalue weighted by atomic mass is 10.4. The van der Waals surface area contributed by atoms with Crippen LogP contribution in [-0.4, -0.2) is 12.0 Å². The van der Waals surface area contributed by atoms with Gasteiger partial charge >= 0.3 is 0 Å². The second-order valence-electron chi connectivity index (χ2n) is 1.57. The van der Waals surface area contributed by atoms with E-state index in [1.807, 2.05) is 19.2 Å². The smallest absolute Gasteiger partial charge is 0.103 e. The van der Waals surface area contributed by atoms with Crippen LogP contribution in [0.2, 0.25) is 0 Å². The number of nitrogens with one attached hydrogen (secondary N) is 1. The highest BCUT2D eigenvalue weighted by molar-refractivity contribution is 5.37. The molecule has 0 aliphatic carbocycles. The Morgan fingerprint density at radius 3 is 2.11 bits per heavy atom. The number of aromatic amines is 1. The van der Waals surface area contributed by atoms with E-state index >= 15 is 0 Å². The second-order valence-corrected chi connectivity index (χ2v) is 1.57. The molecule has 0 atom stereocenters. The lowest BCUT2D eigenvalue weighted by Crippen LogP contribution is -1.84. The van der Waals surface area contributed by atoms with Gasteiger partial charge in [0, 0.05) is 6.20 Å². The van der Waals surface area contributed by atoms with Crippen LogP contribution in [0.5, 0.6) is 0 Å². The fourth-order valence-electron chi connectivity index (χ4n) is 0.460. The molecular weight excluding hydrogens is 114 g/mol. The summed E-state index contributed by atoms with van der Waals surface area (Å²) in [6, 6.07) is 1.94. The van der Waals surface area contributed by atoms with E-state index in [0.717, 1.165) is 11.4 Å². The highest BCUT2D eigenvalue weighted by Crippen LogP contribution is 2.03. The summed E-state index contributed by atoms with van der Waals surface area (Å²) in [7, 11) is 1.50. The van der Waals surface area contributed by atoms with Crippen LogP contribution in [0.25, 0.3) is 0 Å². The molecule has 1 rings (SSSR count). The van der Waals surface area contributed by atoms with Crippen molar-refractivity contribution in [3.63, 3.8) is 0 Å². The average molecular weight is 127 g/mol. The minimum absolute atomic E-state index is 0.764. The normalized spacial score (nSPS) is 7.89. The average Bonchev–Trinajstić information content (AvgIpc) is 2.23. The van der Waals surface area contributed by atoms with Crippen molar-refractivity contribution in [1.29, 1.82) is 0 Å². The standard InChI is InChI=1S/C5H8N2.CH5N/c1-4-2-3-7-5(4)6;1-2/h2-3,7H,6H2,1H3;2H2,1H3. The Bertz CT molecular complexity index is 141. The van der Waals surface area contributed by atoms with Gasteiger partial charge in [0.15, 0.2) is 0 Å². The van der Waals surface area contributed by atoms with Crippen molar-refractivity contribution >= 4 is 5.82 Å². The van der Waals surface area contributed by atoms with Crippen LogP contribution < -0.4 is 11.5 Å². The number of aromatic nitrogens is 1. The molecule has 0 bridgehead atoms. The molecule has 1 heterocycles. The molecular formula is C6H13N3. The second kappa shape index (κ2) is 3.97. The molecule has 0 fully saturated rings. The third kappa shape index (κ3) is 2.19. The van der Waals surface area contributed by atoms with Gasteiger partial charge < -0.3 is 16.5 Å². The van der Waals surface area contributed by atoms with Crippen molar-refractivity contribution in [2.75, 3.05) is 12.8 Å². The summed E-state index contributed by atoms with van der Waals surface area (Å²) in [5.41, 5.74) is 11.0. The van der Waals surface area contributed by atoms with Crippen molar-refractivity contribution in [3.05, 3.63) is 17.8 Å². The van der Waals surface area contributed by atoms with E-state index in [2.05, 4.69) is 10.7 Å². The maximum Gasteiger partial charge on any atom is 0.103 e. The number of rotatable bonds is 0. The van der Waals surface area contributed by atoms with E-state index in [4.69, 9.17) is 5.73 Å². The van der Waals surface area contributed by atoms with E-state index < -0.39 is 0 Å². The van der Waals surface area contributed by atoms with Gasteiger partial charge in [-0.1, -0.05) is 0 Å². The zero-order chi connectivity index (χ0) is 7.28. The maximum absolute atomic E-state index is 5.38. The number of hydrogen-bond acceptors (Lipinski definition) is 2. The van der Waals surface area contributed by atoms with Crippen LogP contribution >= 0.6 is 0 Å². The van der Waals surface area contributed by atoms with Crippen molar-refractivity contribution in [2.45, 2.75) is 6.92 Å². The Morgan fingerprint density at radius 1 is 1.44 bits per heavy atom. The summed E-state index contributed by atoms with van der Waals surface area (Å²) in [5, 5.41) is 0. The molecule has 1 aromatic rings. The summed E-state index contributed by atoms with van der Waals surface area (Å²) >= 11 is 0. The van der Waals surface area contributed by atoms with Crippen LogP contribution in [-0.2, 0) is 0 Å². The highest BCUT2D eigenvalue weighted by Gasteiger charge is 1.86. The molecule has 3 nitrogen and oxygen atoms in total. The first-order valence-electron chi connectivity index (χ1n) is 2.78. The summed E-state index contributed by atoms with van der Waals surface area (Å²) in [6.07, 6.45) is 1.82. The summed E-state index contributed by atoms with van der Waals surface area (Å²) in [5.74, 6) is 0.764. The lowest BCUT2D eigenvalue weighted by molar-refractivity contribution is 1.39. The largest absolute Gasteiger partial charge is 0.385 e. The number of nitrogen functional groups attached to an aromatic ring is 1. The predicted octanol–water partition coefficient (Wildman–Crippen LogP) is 0.480. The zero-order valence-electron chi connectivity index (χ0n) is 5.81. The monoisotopic (exact) mass is 127 g/mol. The van der Waals surface area contributed by atoms with Crippen molar-refractivity contribution in [1.82, 2.24) is 4.98 Å². The zero-order valence-corrected chi connectivity index (χ0v) is 5.81. The van der Waals surface area contributed by atoms with Gasteiger partial charge in [-0.3, -0.25) is 0 Å². The fraction of sp³-hybridized carbons (Fsp3) is 0.333. The van der Waals surface area contributed by atoms with Crippen LogP contribution in [0, 0.1) is 6.92 Å². The first-order chi connectivity index (χ1) is 4.30. The van der Waals surface area contributed by atoms with Crippen molar-refractivity contribution in [2.24, 2.45) is 5.73 Å². The molecule has 9 heavy (non-hydrogen) atoms. The van der Waals surface area contributed by atoms with Gasteiger partial charge in [-0.15, -0.1) is 0 Å². The number of H-pyrrole nitrogens is 1. The van der Waals surface area contributed by atoms with Crippen LogP contribution in [0.15, 0.2) is 12.3 Å². The summed E-state index contributed by atoms with van der Waals surface area (Å²) < 4.78 is 0. The van der Waals surface area contributed by atoms with Crippen LogP contribution in [0.1, 0.15) is 5.56 Å². The van der Waals surface area contributed by atoms with Crippen LogP contribution in [0.4, 0.5) is 5.82 Å². The van der Waals surface area contributed by atoms with E-state index in [1.165, 1.54) is 7.05 Å². The highest BCUT2D eigenvalue weighted by atomic mass is 14.8. The Balaban J connectivity index is 0.000000291. The van der Waals surface area contributed by atoms with Crippen molar-refractivity contribution in [3.8, 4) is 0 Å². The molecule has 3 heteroatoms. The Morgan fingerprint density at radius 2 is 2.00 bits per heavy atom. The van der Waals surface area contributed by atoms with Gasteiger partial charge in [0.05, 0.1) is 0 Å². The van der Waals surface area contributed by atoms with E-state index in [1.54, 1.807) is 0 Å². The van der Waals surface area contributed by atoms with Gasteiger partial charge in [0.1, 0.15) is 5.82 Å². The number of nitrogens with two attached hydrogens (primary N) is 2. The van der Waals surface area contributed by atoms with Gasteiger partial charge in [0.2, 0.25) is 0 Å². The van der Waals surface area contributed by atoms with Crippen molar-refractivity contribution < 1.29 is 0 Å². The molecule has 5 N–H and O–H groups in total. The molecule has 0 saturated heterocycles. The molecule has 0 saturated carbocycles. The van der Waals surface area contributed by atoms with Gasteiger partial charge in [0.25, 0.3) is 0 Å². The SMILES string of the molecule is CN.Cc1cc[nH]c1N. The quantitative estimate of drug-likeness (QED) is 0.474. The first-order valence-corrected chi connectivity index (χ1v) is 2.78. The van der Waals surface area contributed by atoms with Crippen LogP contribution in [0.3, 0.4) is 0 Å². The third-order valence-electron chi connectivity index (χ3n) is 0.997. The molecule has 0 aliphatic heterocycles. The molecule has 52 valence electrons. The Kier molecular flexibility index (Phi) is 3.55. The van der Waals surface area contributed by atoms with Gasteiger partial charge in [-0.2, -0.15) is 0 Å². The van der Waals surface area contributed by atoms with E-state index in [0.29, 0.717) is 0 Å². The van der Waals surface area contributed by atoms with Gasteiger partial charge in [-0.25, -0.2) is 0 Å². The van der Waals surface area contributed by atoms with E-state index in [-0.39, 0.29) is 0 Å². The molecule has 0 aliphatic rings. The topological polar surface area (TPSA) is 67.8 Å². The Hall–Kier alpha value is -0.960. The summed E-state index contributed by atoms with van der Waals surface area (Å²) in [4.78, 5) is 2.85. The summed E-state index contributed by atoms with van der Waals surface area (Å²) in [6.45, 7) is 1.96. The number of hydrogen-bond donors (Lipinski definition) is 3. The maximum atomic E-state index is 5.38. The molecule has 0 unspecified atom stereocenters. The predicted molar refractivity (Wildman–Crippen MR) is 40.1 cm³/mol. The molecule has 0 spiro atoms. The molecule has 1 aromatic heterocycles. The Labute approximate surface area is 55.1 Å².